The molecule has 4 N–H and O–H groups in total. The molecule has 0 saturated heterocycles. The fourth-order valence-electron chi connectivity index (χ4n) is 4.07. The van der Waals surface area contributed by atoms with E-state index in [1.54, 1.807) is 19.2 Å². The highest BCUT2D eigenvalue weighted by molar-refractivity contribution is 7.98. The summed E-state index contributed by atoms with van der Waals surface area (Å²) in [7, 11) is 3.06. The van der Waals surface area contributed by atoms with Crippen molar-refractivity contribution in [3.63, 3.8) is 0 Å². The van der Waals surface area contributed by atoms with Gasteiger partial charge in [-0.1, -0.05) is 6.07 Å². The Morgan fingerprint density at radius 2 is 2.00 bits per heavy atom. The van der Waals surface area contributed by atoms with Gasteiger partial charge in [0.2, 0.25) is 11.7 Å². The highest BCUT2D eigenvalue weighted by Gasteiger charge is 2.29. The average Bonchev–Trinajstić information content (AvgIpc) is 3.04. The summed E-state index contributed by atoms with van der Waals surface area (Å²) in [5.41, 5.74) is 8.60. The van der Waals surface area contributed by atoms with Crippen molar-refractivity contribution < 1.29 is 24.1 Å². The summed E-state index contributed by atoms with van der Waals surface area (Å²) in [5, 5.41) is 12.8. The van der Waals surface area contributed by atoms with Crippen LogP contribution in [0.1, 0.15) is 30.5 Å². The molecule has 178 valence electrons. The molecule has 0 fully saturated rings. The average molecular weight is 475 g/mol. The summed E-state index contributed by atoms with van der Waals surface area (Å²) in [4.78, 5) is 25.4. The zero-order chi connectivity index (χ0) is 24.1. The quantitative estimate of drug-likeness (QED) is 0.499. The minimum atomic E-state index is -0.816. The van der Waals surface area contributed by atoms with E-state index in [0.29, 0.717) is 35.0 Å². The number of methoxy groups -OCH3 is 2. The van der Waals surface area contributed by atoms with E-state index in [2.05, 4.69) is 5.32 Å². The normalized spacial score (nSPS) is 15.5. The largest absolute Gasteiger partial charge is 0.492 e. The van der Waals surface area contributed by atoms with Gasteiger partial charge in [-0.25, -0.2) is 0 Å². The number of ether oxygens (including phenoxy) is 3. The van der Waals surface area contributed by atoms with Crippen molar-refractivity contribution in [2.75, 3.05) is 33.6 Å². The van der Waals surface area contributed by atoms with Crippen molar-refractivity contribution in [3.05, 3.63) is 45.6 Å². The molecule has 8 nitrogen and oxygen atoms in total. The number of thioether (sulfide) groups is 1. The molecule has 1 amide bonds. The fourth-order valence-corrected chi connectivity index (χ4v) is 4.54. The van der Waals surface area contributed by atoms with E-state index in [-0.39, 0.29) is 30.5 Å². The van der Waals surface area contributed by atoms with E-state index in [1.165, 1.54) is 25.8 Å². The lowest BCUT2D eigenvalue weighted by Crippen LogP contribution is -2.26. The molecule has 2 aromatic rings. The van der Waals surface area contributed by atoms with Gasteiger partial charge < -0.3 is 30.4 Å². The molecule has 0 heterocycles. The molecular weight excluding hydrogens is 444 g/mol. The molecule has 33 heavy (non-hydrogen) atoms. The molecule has 0 saturated carbocycles. The third-order valence-corrected chi connectivity index (χ3v) is 6.36. The van der Waals surface area contributed by atoms with Crippen molar-refractivity contribution in [3.8, 4) is 28.4 Å². The lowest BCUT2D eigenvalue weighted by atomic mass is 9.95. The number of rotatable bonds is 8. The first kappa shape index (κ1) is 24.9. The molecular formula is C24H30N2O6S. The van der Waals surface area contributed by atoms with Gasteiger partial charge in [-0.05, 0) is 54.0 Å². The summed E-state index contributed by atoms with van der Waals surface area (Å²) in [6.45, 7) is 1.54. The van der Waals surface area contributed by atoms with Crippen molar-refractivity contribution in [2.24, 2.45) is 5.73 Å². The van der Waals surface area contributed by atoms with Gasteiger partial charge in [0.15, 0.2) is 16.9 Å². The highest BCUT2D eigenvalue weighted by atomic mass is 32.2. The lowest BCUT2D eigenvalue weighted by molar-refractivity contribution is -0.119. The van der Waals surface area contributed by atoms with Crippen LogP contribution in [0.4, 0.5) is 0 Å². The molecule has 0 aliphatic heterocycles. The maximum atomic E-state index is 12.8. The molecule has 9 heteroatoms. The third-order valence-electron chi connectivity index (χ3n) is 5.58. The SMILES string of the molecule is COc1c(OCC(O)CN)cc2c(c1OC)-c1ccc(SC)c(=O)cc1[C@@H](NC(C)=O)CC2. The summed E-state index contributed by atoms with van der Waals surface area (Å²) < 4.78 is 17.3. The van der Waals surface area contributed by atoms with Gasteiger partial charge in [-0.2, -0.15) is 0 Å². The number of hydrogen-bond donors (Lipinski definition) is 3. The van der Waals surface area contributed by atoms with Crippen LogP contribution in [0.2, 0.25) is 0 Å². The van der Waals surface area contributed by atoms with Crippen LogP contribution in [0.15, 0.2) is 34.0 Å². The van der Waals surface area contributed by atoms with Gasteiger partial charge in [0.05, 0.1) is 25.2 Å². The Morgan fingerprint density at radius 1 is 1.27 bits per heavy atom. The van der Waals surface area contributed by atoms with Gasteiger partial charge >= 0.3 is 0 Å². The first-order valence-corrected chi connectivity index (χ1v) is 11.9. The first-order valence-electron chi connectivity index (χ1n) is 10.6. The first-order chi connectivity index (χ1) is 15.8. The number of fused-ring (bicyclic) bond motifs is 3. The Balaban J connectivity index is 2.30. The van der Waals surface area contributed by atoms with Crippen LogP contribution < -0.4 is 30.7 Å². The second kappa shape index (κ2) is 10.9. The van der Waals surface area contributed by atoms with Crippen molar-refractivity contribution >= 4 is 17.7 Å². The Hall–Kier alpha value is -2.75. The molecule has 2 atom stereocenters. The molecule has 0 spiro atoms. The second-order valence-corrected chi connectivity index (χ2v) is 8.60. The van der Waals surface area contributed by atoms with Crippen molar-refractivity contribution in [2.45, 2.75) is 36.8 Å². The van der Waals surface area contributed by atoms with Crippen LogP contribution in [0, 0.1) is 0 Å². The number of hydrogen-bond acceptors (Lipinski definition) is 8. The number of benzene rings is 1. The number of aryl methyl sites for hydroxylation is 1. The van der Waals surface area contributed by atoms with Crippen LogP contribution in [0.3, 0.4) is 0 Å². The van der Waals surface area contributed by atoms with E-state index < -0.39 is 6.10 Å². The number of carbonyl (C=O) groups excluding carboxylic acids is 1. The van der Waals surface area contributed by atoms with Crippen LogP contribution in [0.25, 0.3) is 11.1 Å². The summed E-state index contributed by atoms with van der Waals surface area (Å²) >= 11 is 1.37. The molecule has 0 bridgehead atoms. The van der Waals surface area contributed by atoms with Crippen LogP contribution in [0.5, 0.6) is 17.2 Å². The maximum Gasteiger partial charge on any atom is 0.217 e. The number of aliphatic hydroxyl groups is 1. The van der Waals surface area contributed by atoms with E-state index >= 15 is 0 Å². The Labute approximate surface area is 197 Å². The van der Waals surface area contributed by atoms with Gasteiger partial charge in [0, 0.05) is 19.0 Å². The number of nitrogens with one attached hydrogen (secondary N) is 1. The predicted molar refractivity (Wildman–Crippen MR) is 128 cm³/mol. The Bertz CT molecular complexity index is 1090. The molecule has 3 rings (SSSR count). The van der Waals surface area contributed by atoms with Gasteiger partial charge in [0.25, 0.3) is 0 Å². The molecule has 1 unspecified atom stereocenters. The number of carbonyl (C=O) groups is 1. The van der Waals surface area contributed by atoms with Crippen LogP contribution >= 0.6 is 11.8 Å². The van der Waals surface area contributed by atoms with Crippen molar-refractivity contribution in [1.29, 1.82) is 0 Å². The van der Waals surface area contributed by atoms with E-state index in [4.69, 9.17) is 19.9 Å². The lowest BCUT2D eigenvalue weighted by Gasteiger charge is -2.21. The Kier molecular flexibility index (Phi) is 8.23. The number of amides is 1. The standard InChI is InChI=1S/C24H30N2O6S/c1-13(27)26-18-7-5-14-9-20(32-12-15(28)11-25)23(30-2)24(31-3)22(14)16-6-8-21(33-4)19(29)10-17(16)18/h6,8-10,15,18,28H,5,7,11-12,25H2,1-4H3,(H,26,27)/t15?,18-/m0/s1. The topological polar surface area (TPSA) is 120 Å². The number of nitrogens with two attached hydrogens (primary N) is 1. The molecule has 0 aromatic heterocycles. The molecule has 2 aromatic carbocycles. The van der Waals surface area contributed by atoms with Gasteiger partial charge in [-0.3, -0.25) is 9.59 Å². The predicted octanol–water partition coefficient (Wildman–Crippen LogP) is 2.27. The maximum absolute atomic E-state index is 12.8. The molecule has 1 aliphatic carbocycles. The monoisotopic (exact) mass is 474 g/mol. The summed E-state index contributed by atoms with van der Waals surface area (Å²) in [5.74, 6) is 1.09. The van der Waals surface area contributed by atoms with Crippen molar-refractivity contribution in [1.82, 2.24) is 5.32 Å². The van der Waals surface area contributed by atoms with Gasteiger partial charge in [0.1, 0.15) is 12.7 Å². The smallest absolute Gasteiger partial charge is 0.217 e. The number of aliphatic hydroxyl groups excluding tert-OH is 1. The van der Waals surface area contributed by atoms with E-state index in [9.17, 15) is 14.7 Å². The summed E-state index contributed by atoms with van der Waals surface area (Å²) in [6.07, 6.45) is 2.21. The Morgan fingerprint density at radius 3 is 2.61 bits per heavy atom. The molecule has 0 radical (unpaired) electrons. The fraction of sp³-hybridized carbons (Fsp3) is 0.417. The van der Waals surface area contributed by atoms with Crippen LogP contribution in [-0.2, 0) is 11.2 Å². The zero-order valence-corrected chi connectivity index (χ0v) is 20.1. The van der Waals surface area contributed by atoms with E-state index in [1.807, 2.05) is 18.4 Å². The third kappa shape index (κ3) is 5.26. The zero-order valence-electron chi connectivity index (χ0n) is 19.3. The van der Waals surface area contributed by atoms with E-state index in [0.717, 1.165) is 22.3 Å². The summed E-state index contributed by atoms with van der Waals surface area (Å²) in [6, 6.07) is 6.80. The minimum absolute atomic E-state index is 0.00545. The molecule has 1 aliphatic rings. The minimum Gasteiger partial charge on any atom is -0.492 e. The van der Waals surface area contributed by atoms with Crippen LogP contribution in [-0.4, -0.2) is 50.7 Å². The van der Waals surface area contributed by atoms with Gasteiger partial charge in [-0.15, -0.1) is 11.8 Å². The second-order valence-electron chi connectivity index (χ2n) is 7.75. The highest BCUT2D eigenvalue weighted by Crippen LogP contribution is 2.50.